The van der Waals surface area contributed by atoms with E-state index in [1.807, 2.05) is 17.1 Å². The summed E-state index contributed by atoms with van der Waals surface area (Å²) in [5, 5.41) is 1.90. The largest absolute Gasteiger partial charge is 0.471 e. The highest BCUT2D eigenvalue weighted by molar-refractivity contribution is 7.99. The van der Waals surface area contributed by atoms with E-state index in [2.05, 4.69) is 0 Å². The average Bonchev–Trinajstić information content (AvgIpc) is 2.18. The zero-order valence-electron chi connectivity index (χ0n) is 8.27. The van der Waals surface area contributed by atoms with Crippen LogP contribution in [0.25, 0.3) is 0 Å². The number of thioether (sulfide) groups is 1. The minimum Gasteiger partial charge on any atom is -0.348 e. The molecule has 0 radical (unpaired) electrons. The van der Waals surface area contributed by atoms with Crippen molar-refractivity contribution < 1.29 is 18.0 Å². The molecule has 0 spiro atoms. The molecule has 1 N–H and O–H groups in total. The second-order valence-electron chi connectivity index (χ2n) is 3.60. The van der Waals surface area contributed by atoms with Gasteiger partial charge in [-0.05, 0) is 36.7 Å². The van der Waals surface area contributed by atoms with Gasteiger partial charge in [0.05, 0.1) is 0 Å². The van der Waals surface area contributed by atoms with Crippen LogP contribution in [0, 0.1) is 5.92 Å². The Bertz CT molecular complexity index is 214. The molecule has 0 aromatic rings. The minimum absolute atomic E-state index is 0.133. The van der Waals surface area contributed by atoms with Crippen LogP contribution < -0.4 is 5.32 Å². The van der Waals surface area contributed by atoms with Gasteiger partial charge in [0.1, 0.15) is 0 Å². The van der Waals surface area contributed by atoms with Crippen molar-refractivity contribution in [2.24, 2.45) is 5.92 Å². The van der Waals surface area contributed by atoms with E-state index in [1.165, 1.54) is 0 Å². The van der Waals surface area contributed by atoms with E-state index < -0.39 is 12.1 Å². The molecule has 0 unspecified atom stereocenters. The van der Waals surface area contributed by atoms with E-state index >= 15 is 0 Å². The number of nitrogens with one attached hydrogen (secondary N) is 1. The zero-order chi connectivity index (χ0) is 11.3. The standard InChI is InChI=1S/C9H14F3NOS/c10-9(11,12)8(14)13-4-1-7-2-5-15-6-3-7/h7H,1-6H2,(H,13,14). The van der Waals surface area contributed by atoms with Crippen LogP contribution in [-0.4, -0.2) is 30.1 Å². The van der Waals surface area contributed by atoms with E-state index in [1.54, 1.807) is 0 Å². The van der Waals surface area contributed by atoms with Gasteiger partial charge >= 0.3 is 12.1 Å². The smallest absolute Gasteiger partial charge is 0.348 e. The minimum atomic E-state index is -4.75. The van der Waals surface area contributed by atoms with Gasteiger partial charge in [-0.15, -0.1) is 0 Å². The SMILES string of the molecule is O=C(NCCC1CCSCC1)C(F)(F)F. The van der Waals surface area contributed by atoms with Gasteiger partial charge in [0, 0.05) is 6.54 Å². The van der Waals surface area contributed by atoms with Crippen molar-refractivity contribution in [3.8, 4) is 0 Å². The van der Waals surface area contributed by atoms with Crippen LogP contribution in [0.3, 0.4) is 0 Å². The van der Waals surface area contributed by atoms with Crippen molar-refractivity contribution in [3.05, 3.63) is 0 Å². The lowest BCUT2D eigenvalue weighted by Crippen LogP contribution is -2.37. The number of halogens is 3. The van der Waals surface area contributed by atoms with Gasteiger partial charge in [-0.1, -0.05) is 0 Å². The zero-order valence-corrected chi connectivity index (χ0v) is 9.09. The second-order valence-corrected chi connectivity index (χ2v) is 4.82. The molecule has 1 saturated heterocycles. The topological polar surface area (TPSA) is 29.1 Å². The molecule has 88 valence electrons. The Kier molecular flexibility index (Phi) is 4.76. The van der Waals surface area contributed by atoms with Crippen LogP contribution in [0.15, 0.2) is 0 Å². The highest BCUT2D eigenvalue weighted by Crippen LogP contribution is 2.24. The summed E-state index contributed by atoms with van der Waals surface area (Å²) in [6, 6.07) is 0. The molecule has 1 heterocycles. The summed E-state index contributed by atoms with van der Waals surface area (Å²) in [6.07, 6.45) is -2.00. The summed E-state index contributed by atoms with van der Waals surface area (Å²) >= 11 is 1.88. The average molecular weight is 241 g/mol. The predicted octanol–water partition coefficient (Wildman–Crippen LogP) is 2.20. The third kappa shape index (κ3) is 4.77. The lowest BCUT2D eigenvalue weighted by atomic mass is 9.99. The first-order valence-electron chi connectivity index (χ1n) is 4.93. The van der Waals surface area contributed by atoms with Gasteiger partial charge in [-0.25, -0.2) is 0 Å². The number of hydrogen-bond donors (Lipinski definition) is 1. The van der Waals surface area contributed by atoms with E-state index in [-0.39, 0.29) is 6.54 Å². The van der Waals surface area contributed by atoms with Gasteiger partial charge in [0.15, 0.2) is 0 Å². The molecule has 1 aliphatic rings. The highest BCUT2D eigenvalue weighted by atomic mass is 32.2. The fourth-order valence-electron chi connectivity index (χ4n) is 1.53. The molecule has 1 fully saturated rings. The fraction of sp³-hybridized carbons (Fsp3) is 0.889. The van der Waals surface area contributed by atoms with Gasteiger partial charge in [-0.2, -0.15) is 24.9 Å². The summed E-state index contributed by atoms with van der Waals surface area (Å²) in [5.74, 6) is 0.808. The van der Waals surface area contributed by atoms with Crippen LogP contribution >= 0.6 is 11.8 Å². The van der Waals surface area contributed by atoms with E-state index in [0.29, 0.717) is 12.3 Å². The van der Waals surface area contributed by atoms with Crippen molar-refractivity contribution >= 4 is 17.7 Å². The molecule has 0 atom stereocenters. The number of carbonyl (C=O) groups excluding carboxylic acids is 1. The maximum atomic E-state index is 11.8. The highest BCUT2D eigenvalue weighted by Gasteiger charge is 2.38. The van der Waals surface area contributed by atoms with Crippen LogP contribution in [0.2, 0.25) is 0 Å². The first kappa shape index (κ1) is 12.7. The molecular weight excluding hydrogens is 227 g/mol. The monoisotopic (exact) mass is 241 g/mol. The maximum Gasteiger partial charge on any atom is 0.471 e. The van der Waals surface area contributed by atoms with E-state index in [9.17, 15) is 18.0 Å². The number of alkyl halides is 3. The summed E-state index contributed by atoms with van der Waals surface area (Å²) in [6.45, 7) is 0.133. The molecule has 0 aromatic carbocycles. The molecule has 6 heteroatoms. The lowest BCUT2D eigenvalue weighted by molar-refractivity contribution is -0.173. The molecule has 0 saturated carbocycles. The molecule has 15 heavy (non-hydrogen) atoms. The van der Waals surface area contributed by atoms with Crippen LogP contribution in [-0.2, 0) is 4.79 Å². The Labute approximate surface area is 91.0 Å². The van der Waals surface area contributed by atoms with E-state index in [4.69, 9.17) is 0 Å². The van der Waals surface area contributed by atoms with Crippen LogP contribution in [0.4, 0.5) is 13.2 Å². The first-order chi connectivity index (χ1) is 7.00. The summed E-state index contributed by atoms with van der Waals surface area (Å²) in [4.78, 5) is 10.5. The van der Waals surface area contributed by atoms with Crippen molar-refractivity contribution in [1.29, 1.82) is 0 Å². The Morgan fingerprint density at radius 3 is 2.47 bits per heavy atom. The maximum absolute atomic E-state index is 11.8. The number of rotatable bonds is 3. The molecule has 0 aromatic heterocycles. The van der Waals surface area contributed by atoms with Crippen LogP contribution in [0.1, 0.15) is 19.3 Å². The Morgan fingerprint density at radius 2 is 1.93 bits per heavy atom. The molecule has 1 amide bonds. The quantitative estimate of drug-likeness (QED) is 0.820. The number of amides is 1. The lowest BCUT2D eigenvalue weighted by Gasteiger charge is -2.21. The van der Waals surface area contributed by atoms with Gasteiger partial charge in [0.2, 0.25) is 0 Å². The van der Waals surface area contributed by atoms with Gasteiger partial charge in [-0.3, -0.25) is 4.79 Å². The molecule has 2 nitrogen and oxygen atoms in total. The molecular formula is C9H14F3NOS. The van der Waals surface area contributed by atoms with Crippen LogP contribution in [0.5, 0.6) is 0 Å². The first-order valence-corrected chi connectivity index (χ1v) is 6.08. The molecule has 1 rings (SSSR count). The number of hydrogen-bond acceptors (Lipinski definition) is 2. The van der Waals surface area contributed by atoms with Crippen molar-refractivity contribution in [2.45, 2.75) is 25.4 Å². The summed E-state index contributed by atoms with van der Waals surface area (Å²) < 4.78 is 35.4. The number of carbonyl (C=O) groups is 1. The van der Waals surface area contributed by atoms with Gasteiger partial charge in [0.25, 0.3) is 0 Å². The van der Waals surface area contributed by atoms with Gasteiger partial charge < -0.3 is 5.32 Å². The molecule has 0 aliphatic carbocycles. The van der Waals surface area contributed by atoms with Crippen molar-refractivity contribution in [1.82, 2.24) is 5.32 Å². The third-order valence-electron chi connectivity index (χ3n) is 2.44. The molecule has 0 bridgehead atoms. The summed E-state index contributed by atoms with van der Waals surface area (Å²) in [5.41, 5.74) is 0. The Morgan fingerprint density at radius 1 is 1.33 bits per heavy atom. The van der Waals surface area contributed by atoms with Crippen molar-refractivity contribution in [3.63, 3.8) is 0 Å². The summed E-state index contributed by atoms with van der Waals surface area (Å²) in [7, 11) is 0. The normalized spacial score (nSPS) is 18.9. The Hall–Kier alpha value is -0.390. The third-order valence-corrected chi connectivity index (χ3v) is 3.49. The fourth-order valence-corrected chi connectivity index (χ4v) is 2.73. The Balaban J connectivity index is 2.12. The van der Waals surface area contributed by atoms with E-state index in [0.717, 1.165) is 24.3 Å². The molecule has 1 aliphatic heterocycles. The predicted molar refractivity (Wildman–Crippen MR) is 53.7 cm³/mol. The van der Waals surface area contributed by atoms with Crippen molar-refractivity contribution in [2.75, 3.05) is 18.1 Å². The second kappa shape index (κ2) is 5.63.